The fourth-order valence-electron chi connectivity index (χ4n) is 1.47. The van der Waals surface area contributed by atoms with Gasteiger partial charge in [0.15, 0.2) is 0 Å². The number of amides is 1. The van der Waals surface area contributed by atoms with Crippen LogP contribution in [-0.4, -0.2) is 11.9 Å². The lowest BCUT2D eigenvalue weighted by Crippen LogP contribution is -2.40. The van der Waals surface area contributed by atoms with Gasteiger partial charge in [-0.25, -0.2) is 0 Å². The summed E-state index contributed by atoms with van der Waals surface area (Å²) in [6, 6.07) is 9.77. The molecule has 3 N–H and O–H groups in total. The molecule has 0 spiro atoms. The summed E-state index contributed by atoms with van der Waals surface area (Å²) in [5.41, 5.74) is 6.45. The van der Waals surface area contributed by atoms with E-state index < -0.39 is 0 Å². The van der Waals surface area contributed by atoms with Crippen LogP contribution in [0.15, 0.2) is 30.3 Å². The topological polar surface area (TPSA) is 55.1 Å². The highest BCUT2D eigenvalue weighted by atomic mass is 35.5. The molecule has 0 radical (unpaired) electrons. The molecule has 0 aliphatic heterocycles. The Bertz CT molecular complexity index is 303. The molecule has 1 atom stereocenters. The van der Waals surface area contributed by atoms with E-state index in [1.165, 1.54) is 5.56 Å². The Balaban J connectivity index is 0.00000225. The van der Waals surface area contributed by atoms with Gasteiger partial charge in [0.1, 0.15) is 0 Å². The van der Waals surface area contributed by atoms with Crippen LogP contribution in [0, 0.1) is 0 Å². The lowest BCUT2D eigenvalue weighted by atomic mass is 10.1. The maximum absolute atomic E-state index is 11.1. The van der Waals surface area contributed by atoms with Crippen LogP contribution in [0.5, 0.6) is 0 Å². The molecular formula is C12H19ClN2O. The Kier molecular flexibility index (Phi) is 7.60. The minimum Gasteiger partial charge on any atom is -0.368 e. The van der Waals surface area contributed by atoms with Crippen molar-refractivity contribution in [2.75, 3.05) is 0 Å². The molecule has 90 valence electrons. The smallest absolute Gasteiger partial charge is 0.234 e. The van der Waals surface area contributed by atoms with E-state index in [0.717, 1.165) is 12.8 Å². The minimum atomic E-state index is -0.271. The summed E-state index contributed by atoms with van der Waals surface area (Å²) >= 11 is 0. The Morgan fingerprint density at radius 3 is 2.50 bits per heavy atom. The third kappa shape index (κ3) is 5.14. The van der Waals surface area contributed by atoms with E-state index in [1.807, 2.05) is 37.3 Å². The number of carbonyl (C=O) groups is 1. The molecule has 1 aromatic carbocycles. The van der Waals surface area contributed by atoms with Gasteiger partial charge in [-0.2, -0.15) is 0 Å². The number of hydrogen-bond donors (Lipinski definition) is 2. The van der Waals surface area contributed by atoms with Crippen molar-refractivity contribution in [3.8, 4) is 0 Å². The second-order valence-electron chi connectivity index (χ2n) is 3.61. The van der Waals surface area contributed by atoms with Gasteiger partial charge in [-0.05, 0) is 12.0 Å². The molecule has 0 bridgehead atoms. The standard InChI is InChI=1S/C12H18N2O.ClH/c1-2-6-11(12(13)15)14-9-10-7-4-3-5-8-10;/h3-5,7-8,11,14H,2,6,9H2,1H3,(H2,13,15);1H. The molecular weight excluding hydrogens is 224 g/mol. The van der Waals surface area contributed by atoms with Gasteiger partial charge in [0.2, 0.25) is 5.91 Å². The first-order chi connectivity index (χ1) is 7.24. The Hall–Kier alpha value is -1.06. The molecule has 16 heavy (non-hydrogen) atoms. The first kappa shape index (κ1) is 14.9. The summed E-state index contributed by atoms with van der Waals surface area (Å²) in [6.07, 6.45) is 1.75. The molecule has 0 fully saturated rings. The Morgan fingerprint density at radius 1 is 1.38 bits per heavy atom. The van der Waals surface area contributed by atoms with E-state index in [9.17, 15) is 4.79 Å². The van der Waals surface area contributed by atoms with Gasteiger partial charge in [-0.1, -0.05) is 43.7 Å². The largest absolute Gasteiger partial charge is 0.368 e. The monoisotopic (exact) mass is 242 g/mol. The van der Waals surface area contributed by atoms with Gasteiger partial charge >= 0.3 is 0 Å². The molecule has 0 aliphatic carbocycles. The molecule has 0 saturated carbocycles. The van der Waals surface area contributed by atoms with E-state index in [0.29, 0.717) is 6.54 Å². The summed E-state index contributed by atoms with van der Waals surface area (Å²) in [5, 5.41) is 3.16. The number of primary amides is 1. The predicted octanol–water partition coefficient (Wildman–Crippen LogP) is 1.85. The van der Waals surface area contributed by atoms with Gasteiger partial charge in [0, 0.05) is 6.54 Å². The third-order valence-electron chi connectivity index (χ3n) is 2.32. The second-order valence-corrected chi connectivity index (χ2v) is 3.61. The SMILES string of the molecule is CCCC(NCc1ccccc1)C(N)=O.Cl. The summed E-state index contributed by atoms with van der Waals surface area (Å²) in [7, 11) is 0. The molecule has 1 amide bonds. The van der Waals surface area contributed by atoms with E-state index in [1.54, 1.807) is 0 Å². The highest BCUT2D eigenvalue weighted by Crippen LogP contribution is 2.01. The van der Waals surface area contributed by atoms with E-state index in [4.69, 9.17) is 5.73 Å². The highest BCUT2D eigenvalue weighted by Gasteiger charge is 2.12. The first-order valence-corrected chi connectivity index (χ1v) is 5.30. The van der Waals surface area contributed by atoms with Crippen molar-refractivity contribution < 1.29 is 4.79 Å². The first-order valence-electron chi connectivity index (χ1n) is 5.30. The lowest BCUT2D eigenvalue weighted by Gasteiger charge is -2.14. The zero-order chi connectivity index (χ0) is 11.1. The van der Waals surface area contributed by atoms with Crippen LogP contribution < -0.4 is 11.1 Å². The normalized spacial score (nSPS) is 11.6. The number of halogens is 1. The molecule has 3 nitrogen and oxygen atoms in total. The minimum absolute atomic E-state index is 0. The molecule has 0 aromatic heterocycles. The van der Waals surface area contributed by atoms with Crippen LogP contribution in [0.1, 0.15) is 25.3 Å². The van der Waals surface area contributed by atoms with Gasteiger partial charge in [-0.3, -0.25) is 4.79 Å². The fraction of sp³-hybridized carbons (Fsp3) is 0.417. The van der Waals surface area contributed by atoms with Crippen LogP contribution in [0.3, 0.4) is 0 Å². The van der Waals surface area contributed by atoms with E-state index in [-0.39, 0.29) is 24.4 Å². The van der Waals surface area contributed by atoms with Crippen molar-refractivity contribution in [3.63, 3.8) is 0 Å². The van der Waals surface area contributed by atoms with Crippen LogP contribution in [0.4, 0.5) is 0 Å². The van der Waals surface area contributed by atoms with Gasteiger partial charge < -0.3 is 11.1 Å². The van der Waals surface area contributed by atoms with Crippen LogP contribution >= 0.6 is 12.4 Å². The summed E-state index contributed by atoms with van der Waals surface area (Å²) in [4.78, 5) is 11.1. The Labute approximate surface area is 103 Å². The zero-order valence-corrected chi connectivity index (χ0v) is 10.3. The predicted molar refractivity (Wildman–Crippen MR) is 68.4 cm³/mol. The Morgan fingerprint density at radius 2 is 2.00 bits per heavy atom. The molecule has 1 unspecified atom stereocenters. The van der Waals surface area contributed by atoms with E-state index >= 15 is 0 Å². The molecule has 1 aromatic rings. The van der Waals surface area contributed by atoms with Crippen molar-refractivity contribution in [3.05, 3.63) is 35.9 Å². The number of carbonyl (C=O) groups excluding carboxylic acids is 1. The highest BCUT2D eigenvalue weighted by molar-refractivity contribution is 5.85. The van der Waals surface area contributed by atoms with Gasteiger partial charge in [0.25, 0.3) is 0 Å². The van der Waals surface area contributed by atoms with Crippen molar-refractivity contribution in [2.45, 2.75) is 32.4 Å². The fourth-order valence-corrected chi connectivity index (χ4v) is 1.47. The molecule has 1 rings (SSSR count). The number of nitrogens with one attached hydrogen (secondary N) is 1. The number of hydrogen-bond acceptors (Lipinski definition) is 2. The van der Waals surface area contributed by atoms with Crippen LogP contribution in [0.2, 0.25) is 0 Å². The van der Waals surface area contributed by atoms with Gasteiger partial charge in [-0.15, -0.1) is 12.4 Å². The summed E-state index contributed by atoms with van der Waals surface area (Å²) in [6.45, 7) is 2.73. The quantitative estimate of drug-likeness (QED) is 0.800. The maximum atomic E-state index is 11.1. The van der Waals surface area contributed by atoms with Crippen molar-refractivity contribution in [1.82, 2.24) is 5.32 Å². The van der Waals surface area contributed by atoms with Crippen LogP contribution in [0.25, 0.3) is 0 Å². The average Bonchev–Trinajstić information content (AvgIpc) is 2.25. The number of benzene rings is 1. The number of rotatable bonds is 6. The number of nitrogens with two attached hydrogens (primary N) is 1. The maximum Gasteiger partial charge on any atom is 0.234 e. The molecule has 0 saturated heterocycles. The van der Waals surface area contributed by atoms with Crippen molar-refractivity contribution in [1.29, 1.82) is 0 Å². The average molecular weight is 243 g/mol. The zero-order valence-electron chi connectivity index (χ0n) is 9.48. The second kappa shape index (κ2) is 8.13. The molecule has 4 heteroatoms. The van der Waals surface area contributed by atoms with E-state index in [2.05, 4.69) is 5.32 Å². The third-order valence-corrected chi connectivity index (χ3v) is 2.32. The molecule has 0 aliphatic rings. The lowest BCUT2D eigenvalue weighted by molar-refractivity contribution is -0.120. The summed E-state index contributed by atoms with van der Waals surface area (Å²) in [5.74, 6) is -0.271. The van der Waals surface area contributed by atoms with Crippen LogP contribution in [-0.2, 0) is 11.3 Å². The summed E-state index contributed by atoms with van der Waals surface area (Å²) < 4.78 is 0. The van der Waals surface area contributed by atoms with Gasteiger partial charge in [0.05, 0.1) is 6.04 Å². The van der Waals surface area contributed by atoms with Crippen molar-refractivity contribution >= 4 is 18.3 Å². The van der Waals surface area contributed by atoms with Crippen molar-refractivity contribution in [2.24, 2.45) is 5.73 Å². The molecule has 0 heterocycles.